The van der Waals surface area contributed by atoms with Crippen LogP contribution in [0.25, 0.3) is 0 Å². The van der Waals surface area contributed by atoms with Crippen molar-refractivity contribution in [1.29, 1.82) is 0 Å². The fourth-order valence-electron chi connectivity index (χ4n) is 2.84. The van der Waals surface area contributed by atoms with E-state index in [0.29, 0.717) is 0 Å². The van der Waals surface area contributed by atoms with Crippen LogP contribution >= 0.6 is 0 Å². The zero-order valence-electron chi connectivity index (χ0n) is 14.7. The summed E-state index contributed by atoms with van der Waals surface area (Å²) < 4.78 is 33.3. The van der Waals surface area contributed by atoms with Crippen LogP contribution in [-0.2, 0) is 10.1 Å². The van der Waals surface area contributed by atoms with Gasteiger partial charge in [-0.25, -0.2) is 8.42 Å². The van der Waals surface area contributed by atoms with Gasteiger partial charge >= 0.3 is 29.6 Å². The Morgan fingerprint density at radius 2 is 1.43 bits per heavy atom. The normalized spacial score (nSPS) is 12.6. The van der Waals surface area contributed by atoms with Gasteiger partial charge < -0.3 is 4.55 Å². The van der Waals surface area contributed by atoms with Gasteiger partial charge in [0.15, 0.2) is 0 Å². The van der Waals surface area contributed by atoms with Gasteiger partial charge in [0.1, 0.15) is 0 Å². The van der Waals surface area contributed by atoms with Crippen molar-refractivity contribution in [2.24, 2.45) is 0 Å². The standard InChI is InChI=1S/C18H30O3S.Na/c1-2-3-4-5-6-7-8-10-15-18(16-22(19,20)21)17-13-11-9-12-14-17;/h9,11-14,18H,2-8,10,15-16H2,1H3,(H,19,20,21);/q;+1/p-1. The summed E-state index contributed by atoms with van der Waals surface area (Å²) in [7, 11) is -4.18. The van der Waals surface area contributed by atoms with Crippen molar-refractivity contribution in [2.75, 3.05) is 5.75 Å². The quantitative estimate of drug-likeness (QED) is 0.329. The molecule has 0 saturated heterocycles. The molecule has 0 fully saturated rings. The van der Waals surface area contributed by atoms with Gasteiger partial charge in [0.05, 0.1) is 10.1 Å². The van der Waals surface area contributed by atoms with E-state index >= 15 is 0 Å². The molecule has 1 aromatic rings. The van der Waals surface area contributed by atoms with E-state index in [4.69, 9.17) is 0 Å². The molecule has 0 aromatic heterocycles. The molecule has 0 aliphatic rings. The van der Waals surface area contributed by atoms with Crippen LogP contribution in [0, 0.1) is 0 Å². The molecule has 0 heterocycles. The monoisotopic (exact) mass is 348 g/mol. The molecule has 0 bridgehead atoms. The van der Waals surface area contributed by atoms with Crippen molar-refractivity contribution in [2.45, 2.75) is 70.6 Å². The van der Waals surface area contributed by atoms with Crippen LogP contribution in [-0.4, -0.2) is 18.7 Å². The smallest absolute Gasteiger partial charge is 0.748 e. The van der Waals surface area contributed by atoms with E-state index in [0.717, 1.165) is 24.8 Å². The van der Waals surface area contributed by atoms with Crippen LogP contribution in [0.5, 0.6) is 0 Å². The second-order valence-corrected chi connectivity index (χ2v) is 7.54. The van der Waals surface area contributed by atoms with Crippen LogP contribution in [0.3, 0.4) is 0 Å². The maximum atomic E-state index is 11.1. The molecular formula is C18H29NaO3S. The average molecular weight is 348 g/mol. The van der Waals surface area contributed by atoms with E-state index in [1.54, 1.807) is 0 Å². The Kier molecular flexibility index (Phi) is 13.5. The van der Waals surface area contributed by atoms with Crippen LogP contribution in [0.2, 0.25) is 0 Å². The fraction of sp³-hybridized carbons (Fsp3) is 0.667. The van der Waals surface area contributed by atoms with Crippen LogP contribution in [0.15, 0.2) is 30.3 Å². The van der Waals surface area contributed by atoms with Gasteiger partial charge in [0.2, 0.25) is 0 Å². The molecule has 1 aromatic carbocycles. The van der Waals surface area contributed by atoms with Crippen molar-refractivity contribution in [1.82, 2.24) is 0 Å². The molecule has 3 nitrogen and oxygen atoms in total. The molecule has 1 rings (SSSR count). The number of hydrogen-bond acceptors (Lipinski definition) is 3. The number of hydrogen-bond donors (Lipinski definition) is 0. The molecule has 0 saturated carbocycles. The first-order valence-electron chi connectivity index (χ1n) is 8.51. The Balaban J connectivity index is 0.00000484. The summed E-state index contributed by atoms with van der Waals surface area (Å²) in [5.41, 5.74) is 0.963. The summed E-state index contributed by atoms with van der Waals surface area (Å²) in [5, 5.41) is 0. The average Bonchev–Trinajstić information content (AvgIpc) is 2.48. The Hall–Kier alpha value is 0.130. The van der Waals surface area contributed by atoms with Gasteiger partial charge in [-0.3, -0.25) is 0 Å². The van der Waals surface area contributed by atoms with Crippen LogP contribution < -0.4 is 29.6 Å². The minimum atomic E-state index is -4.18. The second kappa shape index (κ2) is 13.4. The molecule has 23 heavy (non-hydrogen) atoms. The van der Waals surface area contributed by atoms with E-state index in [1.807, 2.05) is 30.3 Å². The van der Waals surface area contributed by atoms with Gasteiger partial charge in [-0.1, -0.05) is 88.6 Å². The molecule has 0 aliphatic carbocycles. The maximum absolute atomic E-state index is 11.1. The largest absolute Gasteiger partial charge is 1.00 e. The molecule has 126 valence electrons. The SMILES string of the molecule is CCCCCCCCCCC(CS(=O)(=O)[O-])c1ccccc1.[Na+]. The summed E-state index contributed by atoms with van der Waals surface area (Å²) in [6.07, 6.45) is 10.5. The first-order chi connectivity index (χ1) is 10.5. The summed E-state index contributed by atoms with van der Waals surface area (Å²) >= 11 is 0. The maximum Gasteiger partial charge on any atom is 1.00 e. The molecule has 0 aliphatic heterocycles. The van der Waals surface area contributed by atoms with Crippen molar-refractivity contribution in [3.63, 3.8) is 0 Å². The minimum Gasteiger partial charge on any atom is -0.748 e. The van der Waals surface area contributed by atoms with Crippen molar-refractivity contribution >= 4 is 10.1 Å². The predicted octanol–water partition coefficient (Wildman–Crippen LogP) is 1.85. The van der Waals surface area contributed by atoms with E-state index in [9.17, 15) is 13.0 Å². The molecule has 1 unspecified atom stereocenters. The Morgan fingerprint density at radius 1 is 0.913 bits per heavy atom. The van der Waals surface area contributed by atoms with Crippen LogP contribution in [0.4, 0.5) is 0 Å². The van der Waals surface area contributed by atoms with Crippen molar-refractivity contribution < 1.29 is 42.5 Å². The fourth-order valence-corrected chi connectivity index (χ4v) is 3.69. The summed E-state index contributed by atoms with van der Waals surface area (Å²) in [6.45, 7) is 2.22. The molecule has 0 radical (unpaired) electrons. The Labute approximate surface area is 164 Å². The molecule has 0 spiro atoms. The van der Waals surface area contributed by atoms with E-state index in [1.165, 1.54) is 38.5 Å². The number of rotatable bonds is 12. The van der Waals surface area contributed by atoms with Gasteiger partial charge in [-0.15, -0.1) is 0 Å². The van der Waals surface area contributed by atoms with Gasteiger partial charge in [0.25, 0.3) is 0 Å². The number of benzene rings is 1. The topological polar surface area (TPSA) is 57.2 Å². The third-order valence-electron chi connectivity index (χ3n) is 4.08. The molecule has 0 amide bonds. The van der Waals surface area contributed by atoms with Crippen molar-refractivity contribution in [3.8, 4) is 0 Å². The van der Waals surface area contributed by atoms with Gasteiger partial charge in [-0.05, 0) is 17.9 Å². The second-order valence-electron chi connectivity index (χ2n) is 6.10. The summed E-state index contributed by atoms with van der Waals surface area (Å²) in [5.74, 6) is -0.447. The van der Waals surface area contributed by atoms with E-state index in [2.05, 4.69) is 6.92 Å². The molecule has 0 N–H and O–H groups in total. The summed E-state index contributed by atoms with van der Waals surface area (Å²) in [4.78, 5) is 0. The van der Waals surface area contributed by atoms with Gasteiger partial charge in [0, 0.05) is 5.75 Å². The molecular weight excluding hydrogens is 319 g/mol. The van der Waals surface area contributed by atoms with Gasteiger partial charge in [-0.2, -0.15) is 0 Å². The first kappa shape index (κ1) is 23.1. The third kappa shape index (κ3) is 12.2. The summed E-state index contributed by atoms with van der Waals surface area (Å²) in [6, 6.07) is 9.53. The Bertz CT molecular complexity index is 488. The zero-order chi connectivity index (χ0) is 16.3. The van der Waals surface area contributed by atoms with Crippen molar-refractivity contribution in [3.05, 3.63) is 35.9 Å². The molecule has 1 atom stereocenters. The van der Waals surface area contributed by atoms with Crippen LogP contribution in [0.1, 0.15) is 76.2 Å². The Morgan fingerprint density at radius 3 is 1.96 bits per heavy atom. The molecule has 5 heteroatoms. The third-order valence-corrected chi connectivity index (χ3v) is 4.89. The van der Waals surface area contributed by atoms with E-state index < -0.39 is 10.1 Å². The minimum absolute atomic E-state index is 0. The zero-order valence-corrected chi connectivity index (χ0v) is 17.5. The number of unbranched alkanes of at least 4 members (excludes halogenated alkanes) is 7. The van der Waals surface area contributed by atoms with E-state index in [-0.39, 0.29) is 41.2 Å². The first-order valence-corrected chi connectivity index (χ1v) is 10.1. The predicted molar refractivity (Wildman–Crippen MR) is 91.0 cm³/mol.